The molecule has 0 saturated heterocycles. The van der Waals surface area contributed by atoms with E-state index >= 15 is 0 Å². The van der Waals surface area contributed by atoms with E-state index in [4.69, 9.17) is 5.73 Å². The van der Waals surface area contributed by atoms with E-state index in [1.165, 1.54) is 44.9 Å². The summed E-state index contributed by atoms with van der Waals surface area (Å²) in [4.78, 5) is 11.6. The fraction of sp³-hybridized carbons (Fsp3) is 0.938. The van der Waals surface area contributed by atoms with Gasteiger partial charge in [0, 0.05) is 19.0 Å². The van der Waals surface area contributed by atoms with Crippen LogP contribution in [0.3, 0.4) is 0 Å². The smallest absolute Gasteiger partial charge is 0.221 e. The van der Waals surface area contributed by atoms with E-state index in [0.717, 1.165) is 24.3 Å². The van der Waals surface area contributed by atoms with Gasteiger partial charge in [-0.1, -0.05) is 0 Å². The van der Waals surface area contributed by atoms with Gasteiger partial charge in [-0.2, -0.15) is 0 Å². The Morgan fingerprint density at radius 1 is 1.20 bits per heavy atom. The van der Waals surface area contributed by atoms with Crippen LogP contribution >= 0.6 is 12.4 Å². The minimum absolute atomic E-state index is 0. The second-order valence-electron chi connectivity index (χ2n) is 7.70. The van der Waals surface area contributed by atoms with Crippen LogP contribution in [-0.4, -0.2) is 18.5 Å². The van der Waals surface area contributed by atoms with Gasteiger partial charge in [-0.25, -0.2) is 0 Å². The summed E-state index contributed by atoms with van der Waals surface area (Å²) in [6, 6.07) is -0.0282. The van der Waals surface area contributed by atoms with Gasteiger partial charge in [0.1, 0.15) is 0 Å². The summed E-state index contributed by atoms with van der Waals surface area (Å²) in [5.41, 5.74) is 6.23. The average Bonchev–Trinajstić information content (AvgIpc) is 2.25. The minimum atomic E-state index is -0.0282. The molecule has 1 atom stereocenters. The predicted molar refractivity (Wildman–Crippen MR) is 83.7 cm³/mol. The SMILES string of the molecule is CC(N)CC(=O)NCCC12CC3CC(CC(C3)C1)C2.Cl. The van der Waals surface area contributed by atoms with Gasteiger partial charge in [0.05, 0.1) is 0 Å². The first-order valence-corrected chi connectivity index (χ1v) is 8.07. The van der Waals surface area contributed by atoms with Crippen LogP contribution in [0.4, 0.5) is 0 Å². The minimum Gasteiger partial charge on any atom is -0.356 e. The van der Waals surface area contributed by atoms with Crippen molar-refractivity contribution < 1.29 is 4.79 Å². The molecule has 4 fully saturated rings. The lowest BCUT2D eigenvalue weighted by Crippen LogP contribution is -2.47. The summed E-state index contributed by atoms with van der Waals surface area (Å²) in [6.07, 6.45) is 10.4. The Hall–Kier alpha value is -0.280. The van der Waals surface area contributed by atoms with E-state index in [0.29, 0.717) is 11.8 Å². The molecule has 1 amide bonds. The summed E-state index contributed by atoms with van der Waals surface area (Å²) in [7, 11) is 0. The number of amides is 1. The molecule has 4 aliphatic carbocycles. The zero-order chi connectivity index (χ0) is 13.5. The molecule has 3 N–H and O–H groups in total. The maximum atomic E-state index is 11.6. The molecule has 0 aromatic heterocycles. The Balaban J connectivity index is 0.00000147. The third-order valence-electron chi connectivity index (χ3n) is 5.65. The van der Waals surface area contributed by atoms with E-state index in [1.54, 1.807) is 0 Å². The molecule has 0 spiro atoms. The highest BCUT2D eigenvalue weighted by molar-refractivity contribution is 5.85. The molecule has 4 rings (SSSR count). The lowest BCUT2D eigenvalue weighted by molar-refractivity contribution is -0.121. The van der Waals surface area contributed by atoms with Crippen molar-refractivity contribution in [1.82, 2.24) is 5.32 Å². The van der Waals surface area contributed by atoms with Gasteiger partial charge in [0.2, 0.25) is 5.91 Å². The molecule has 4 heteroatoms. The third-order valence-corrected chi connectivity index (χ3v) is 5.65. The van der Waals surface area contributed by atoms with Crippen molar-refractivity contribution in [2.45, 2.75) is 64.3 Å². The standard InChI is InChI=1S/C16H28N2O.ClH/c1-11(17)4-15(19)18-3-2-16-8-12-5-13(9-16)7-14(6-12)10-16;/h11-14H,2-10,17H2,1H3,(H,18,19);1H. The molecule has 4 saturated carbocycles. The molecule has 0 aromatic rings. The van der Waals surface area contributed by atoms with Crippen molar-refractivity contribution in [3.63, 3.8) is 0 Å². The van der Waals surface area contributed by atoms with Crippen LogP contribution in [0.25, 0.3) is 0 Å². The summed E-state index contributed by atoms with van der Waals surface area (Å²) < 4.78 is 0. The number of halogens is 1. The highest BCUT2D eigenvalue weighted by Crippen LogP contribution is 2.61. The first kappa shape index (κ1) is 16.1. The van der Waals surface area contributed by atoms with Crippen molar-refractivity contribution in [2.24, 2.45) is 28.9 Å². The topological polar surface area (TPSA) is 55.1 Å². The van der Waals surface area contributed by atoms with Gasteiger partial charge in [0.15, 0.2) is 0 Å². The van der Waals surface area contributed by atoms with Crippen molar-refractivity contribution >= 4 is 18.3 Å². The van der Waals surface area contributed by atoms with Crippen LogP contribution in [0.15, 0.2) is 0 Å². The van der Waals surface area contributed by atoms with Crippen molar-refractivity contribution in [3.05, 3.63) is 0 Å². The van der Waals surface area contributed by atoms with Gasteiger partial charge in [-0.05, 0) is 75.0 Å². The highest BCUT2D eigenvalue weighted by Gasteiger charge is 2.50. The largest absolute Gasteiger partial charge is 0.356 e. The summed E-state index contributed by atoms with van der Waals surface area (Å²) in [5, 5.41) is 3.07. The molecule has 20 heavy (non-hydrogen) atoms. The van der Waals surface area contributed by atoms with E-state index in [-0.39, 0.29) is 24.4 Å². The van der Waals surface area contributed by atoms with Crippen LogP contribution in [0, 0.1) is 23.2 Å². The van der Waals surface area contributed by atoms with Crippen molar-refractivity contribution in [1.29, 1.82) is 0 Å². The monoisotopic (exact) mass is 300 g/mol. The Morgan fingerprint density at radius 2 is 1.70 bits per heavy atom. The molecule has 116 valence electrons. The van der Waals surface area contributed by atoms with Gasteiger partial charge in [-0.3, -0.25) is 4.79 Å². The van der Waals surface area contributed by atoms with E-state index in [2.05, 4.69) is 5.32 Å². The molecule has 0 radical (unpaired) electrons. The van der Waals surface area contributed by atoms with Crippen LogP contribution in [0.1, 0.15) is 58.3 Å². The average molecular weight is 301 g/mol. The van der Waals surface area contributed by atoms with Gasteiger partial charge in [-0.15, -0.1) is 12.4 Å². The Bertz CT molecular complexity index is 321. The van der Waals surface area contributed by atoms with Crippen molar-refractivity contribution in [2.75, 3.05) is 6.54 Å². The second kappa shape index (κ2) is 6.23. The Kier molecular flexibility index (Phi) is 5.01. The predicted octanol–water partition coefficient (Wildman–Crippen LogP) is 2.87. The van der Waals surface area contributed by atoms with E-state index in [1.807, 2.05) is 6.92 Å². The molecule has 0 heterocycles. The van der Waals surface area contributed by atoms with Crippen LogP contribution in [-0.2, 0) is 4.79 Å². The maximum Gasteiger partial charge on any atom is 0.221 e. The molecule has 4 bridgehead atoms. The normalized spacial score (nSPS) is 39.2. The molecule has 0 aliphatic heterocycles. The fourth-order valence-electron chi connectivity index (χ4n) is 5.43. The van der Waals surface area contributed by atoms with Gasteiger partial charge >= 0.3 is 0 Å². The highest BCUT2D eigenvalue weighted by atomic mass is 35.5. The number of hydrogen-bond donors (Lipinski definition) is 2. The van der Waals surface area contributed by atoms with E-state index < -0.39 is 0 Å². The zero-order valence-electron chi connectivity index (χ0n) is 12.6. The third kappa shape index (κ3) is 3.48. The summed E-state index contributed by atoms with van der Waals surface area (Å²) >= 11 is 0. The number of nitrogens with one attached hydrogen (secondary N) is 1. The fourth-order valence-corrected chi connectivity index (χ4v) is 5.43. The quantitative estimate of drug-likeness (QED) is 0.820. The van der Waals surface area contributed by atoms with Gasteiger partial charge < -0.3 is 11.1 Å². The summed E-state index contributed by atoms with van der Waals surface area (Å²) in [6.45, 7) is 2.75. The Labute approximate surface area is 128 Å². The van der Waals surface area contributed by atoms with Crippen LogP contribution in [0.2, 0.25) is 0 Å². The van der Waals surface area contributed by atoms with Crippen LogP contribution < -0.4 is 11.1 Å². The molecule has 4 aliphatic rings. The lowest BCUT2D eigenvalue weighted by atomic mass is 9.49. The first-order valence-electron chi connectivity index (χ1n) is 8.07. The molecule has 0 aromatic carbocycles. The number of carbonyl (C=O) groups excluding carboxylic acids is 1. The van der Waals surface area contributed by atoms with E-state index in [9.17, 15) is 4.79 Å². The molecule has 3 nitrogen and oxygen atoms in total. The summed E-state index contributed by atoms with van der Waals surface area (Å²) in [5.74, 6) is 3.14. The lowest BCUT2D eigenvalue weighted by Gasteiger charge is -2.57. The number of nitrogens with two attached hydrogens (primary N) is 1. The first-order chi connectivity index (χ1) is 9.05. The van der Waals surface area contributed by atoms with Gasteiger partial charge in [0.25, 0.3) is 0 Å². The number of carbonyl (C=O) groups is 1. The molecular weight excluding hydrogens is 272 g/mol. The molecule has 1 unspecified atom stereocenters. The number of hydrogen-bond acceptors (Lipinski definition) is 2. The van der Waals surface area contributed by atoms with Crippen LogP contribution in [0.5, 0.6) is 0 Å². The number of rotatable bonds is 5. The zero-order valence-corrected chi connectivity index (χ0v) is 13.4. The second-order valence-corrected chi connectivity index (χ2v) is 7.70. The Morgan fingerprint density at radius 3 is 2.15 bits per heavy atom. The van der Waals surface area contributed by atoms with Crippen molar-refractivity contribution in [3.8, 4) is 0 Å². The molecular formula is C16H29ClN2O. The maximum absolute atomic E-state index is 11.6.